The van der Waals surface area contributed by atoms with Crippen LogP contribution in [0.3, 0.4) is 0 Å². The highest BCUT2D eigenvalue weighted by Gasteiger charge is 2.41. The molecule has 1 heterocycles. The van der Waals surface area contributed by atoms with Crippen LogP contribution in [0.1, 0.15) is 116 Å². The number of rotatable bonds is 63. The molecule has 1 aromatic heterocycles. The lowest BCUT2D eigenvalue weighted by Gasteiger charge is -2.35. The van der Waals surface area contributed by atoms with Gasteiger partial charge in [0.15, 0.2) is 0 Å². The molecule has 32 heteroatoms. The van der Waals surface area contributed by atoms with Crippen LogP contribution in [-0.4, -0.2) is 191 Å². The molecule has 0 atom stereocenters. The number of ether oxygens (including phenoxy) is 14. The zero-order chi connectivity index (χ0) is 78.3. The van der Waals surface area contributed by atoms with Crippen molar-refractivity contribution in [3.8, 4) is 0 Å². The predicted octanol–water partition coefficient (Wildman–Crippen LogP) is 5.38. The number of carbonyl (C=O) groups excluding carboxylic acids is 12. The van der Waals surface area contributed by atoms with E-state index in [1.807, 2.05) is 0 Å². The van der Waals surface area contributed by atoms with Crippen molar-refractivity contribution >= 4 is 71.6 Å². The van der Waals surface area contributed by atoms with Gasteiger partial charge in [0.1, 0.15) is 84.7 Å². The van der Waals surface area contributed by atoms with E-state index in [1.54, 1.807) is 0 Å². The van der Waals surface area contributed by atoms with Crippen molar-refractivity contribution in [2.24, 2.45) is 16.2 Å². The molecular formula is C73H101N3O29. The zero-order valence-electron chi connectivity index (χ0n) is 59.9. The van der Waals surface area contributed by atoms with Gasteiger partial charge in [0.25, 0.3) is 0 Å². The summed E-state index contributed by atoms with van der Waals surface area (Å²) in [7, 11) is 0. The first-order valence-electron chi connectivity index (χ1n) is 34.0. The first-order valence-corrected chi connectivity index (χ1v) is 34.0. The lowest BCUT2D eigenvalue weighted by Crippen LogP contribution is -2.54. The van der Waals surface area contributed by atoms with Crippen molar-refractivity contribution in [3.63, 3.8) is 0 Å². The molecule has 0 spiro atoms. The molecular weight excluding hydrogens is 1380 g/mol. The number of carbonyl (C=O) groups is 12. The molecule has 0 N–H and O–H groups in total. The van der Waals surface area contributed by atoms with Crippen molar-refractivity contribution in [1.82, 2.24) is 13.7 Å². The van der Waals surface area contributed by atoms with Crippen LogP contribution >= 0.6 is 0 Å². The monoisotopic (exact) mass is 1480 g/mol. The minimum atomic E-state index is -1.65. The van der Waals surface area contributed by atoms with E-state index < -0.39 is 184 Å². The molecule has 582 valence electrons. The molecule has 1 aromatic rings. The summed E-state index contributed by atoms with van der Waals surface area (Å²) in [6.07, 6.45) is 15.1. The molecule has 32 nitrogen and oxygen atoms in total. The van der Waals surface area contributed by atoms with E-state index in [9.17, 15) is 71.9 Å². The summed E-state index contributed by atoms with van der Waals surface area (Å²) < 4.78 is 77.6. The molecule has 0 saturated carbocycles. The van der Waals surface area contributed by atoms with E-state index in [-0.39, 0.29) is 65.3 Å². The molecule has 0 amide bonds. The fraction of sp³-hybridized carbons (Fsp3) is 0.548. The Bertz CT molecular complexity index is 3150. The highest BCUT2D eigenvalue weighted by atomic mass is 16.6. The summed E-state index contributed by atoms with van der Waals surface area (Å²) >= 11 is 0. The van der Waals surface area contributed by atoms with Gasteiger partial charge in [-0.1, -0.05) is 117 Å². The predicted molar refractivity (Wildman–Crippen MR) is 375 cm³/mol. The van der Waals surface area contributed by atoms with Gasteiger partial charge in [-0.2, -0.15) is 0 Å². The molecule has 0 unspecified atom stereocenters. The zero-order valence-corrected chi connectivity index (χ0v) is 59.9. The first-order chi connectivity index (χ1) is 50.3. The van der Waals surface area contributed by atoms with E-state index in [0.29, 0.717) is 96.3 Å². The number of hydrogen-bond donors (Lipinski definition) is 0. The maximum absolute atomic E-state index is 14.0. The summed E-state index contributed by atoms with van der Waals surface area (Å²) in [4.78, 5) is 189. The number of esters is 12. The van der Waals surface area contributed by atoms with E-state index >= 15 is 0 Å². The molecule has 0 fully saturated rings. The number of nitrogens with zero attached hydrogens (tertiary/aromatic N) is 3. The third-order valence-corrected chi connectivity index (χ3v) is 15.2. The molecule has 0 saturated heterocycles. The van der Waals surface area contributed by atoms with Crippen LogP contribution in [0.5, 0.6) is 0 Å². The van der Waals surface area contributed by atoms with Gasteiger partial charge in [-0.25, -0.2) is 71.2 Å². The summed E-state index contributed by atoms with van der Waals surface area (Å²) in [6, 6.07) is 0. The molecule has 0 bridgehead atoms. The lowest BCUT2D eigenvalue weighted by molar-refractivity contribution is -0.172. The quantitative estimate of drug-likeness (QED) is 0.0342. The highest BCUT2D eigenvalue weighted by molar-refractivity contribution is 5.84. The number of aromatic nitrogens is 3. The fourth-order valence-corrected chi connectivity index (χ4v) is 9.22. The third kappa shape index (κ3) is 40.3. The molecule has 0 aliphatic carbocycles. The van der Waals surface area contributed by atoms with Gasteiger partial charge < -0.3 is 66.3 Å². The van der Waals surface area contributed by atoms with E-state index in [2.05, 4.69) is 59.2 Å². The summed E-state index contributed by atoms with van der Waals surface area (Å²) in [5.74, 6) is -9.43. The average molecular weight is 1480 g/mol. The van der Waals surface area contributed by atoms with Crippen LogP contribution in [0, 0.1) is 16.2 Å². The van der Waals surface area contributed by atoms with Crippen LogP contribution in [0.4, 0.5) is 0 Å². The van der Waals surface area contributed by atoms with Gasteiger partial charge in [-0.15, -0.1) is 0 Å². The number of hydrogen-bond acceptors (Lipinski definition) is 29. The van der Waals surface area contributed by atoms with Crippen LogP contribution in [0.2, 0.25) is 0 Å². The maximum atomic E-state index is 14.0. The molecule has 0 radical (unpaired) electrons. The summed E-state index contributed by atoms with van der Waals surface area (Å²) in [5.41, 5.74) is -7.15. The van der Waals surface area contributed by atoms with Crippen molar-refractivity contribution in [2.75, 3.05) is 106 Å². The van der Waals surface area contributed by atoms with Crippen molar-refractivity contribution in [3.05, 3.63) is 145 Å². The summed E-state index contributed by atoms with van der Waals surface area (Å²) in [5, 5.41) is 0. The van der Waals surface area contributed by atoms with Crippen molar-refractivity contribution in [1.29, 1.82) is 0 Å². The molecule has 1 rings (SSSR count). The lowest BCUT2D eigenvalue weighted by atomic mass is 9.90. The minimum Gasteiger partial charge on any atom is -0.465 e. The Morgan fingerprint density at radius 1 is 0.238 bits per heavy atom. The molecule has 0 aromatic carbocycles. The Hall–Kier alpha value is -10.4. The highest BCUT2D eigenvalue weighted by Crippen LogP contribution is 2.27. The Morgan fingerprint density at radius 2 is 0.438 bits per heavy atom. The van der Waals surface area contributed by atoms with E-state index in [0.717, 1.165) is 68.4 Å². The normalized spacial score (nSPS) is 11.0. The fourth-order valence-electron chi connectivity index (χ4n) is 9.22. The molecule has 0 aliphatic heterocycles. The SMILES string of the molecule is C=CC(=O)OCCOCCOC(=O)CCCCCCCn1c(=O)n(CCCCCCCC(=O)OCC(COCC(COC(=O)C=C)(COC(=O)C=C)COC(=O)C=C)(COC(=O)C=C)COC(=O)C=C)c(=O)n(CCCCCCCC(=O)OCC(COC(=O)C=C)(COC(=O)C=C)COC(=O)C=C)c1=O. The maximum Gasteiger partial charge on any atom is 0.336 e. The Kier molecular flexibility index (Phi) is 47.9. The van der Waals surface area contributed by atoms with Gasteiger partial charge in [0, 0.05) is 93.6 Å². The largest absolute Gasteiger partial charge is 0.465 e. The third-order valence-electron chi connectivity index (χ3n) is 15.2. The first kappa shape index (κ1) is 92.6. The van der Waals surface area contributed by atoms with Gasteiger partial charge in [0.2, 0.25) is 0 Å². The second-order valence-electron chi connectivity index (χ2n) is 23.9. The second-order valence-corrected chi connectivity index (χ2v) is 23.9. The van der Waals surface area contributed by atoms with Gasteiger partial charge in [0.05, 0.1) is 37.3 Å². The van der Waals surface area contributed by atoms with E-state index in [1.165, 1.54) is 0 Å². The second kappa shape index (κ2) is 54.3. The van der Waals surface area contributed by atoms with Gasteiger partial charge in [-0.05, 0) is 38.5 Å². The minimum absolute atomic E-state index is 0.00608. The van der Waals surface area contributed by atoms with Gasteiger partial charge >= 0.3 is 88.7 Å². The summed E-state index contributed by atoms with van der Waals surface area (Å²) in [6.45, 7) is 23.9. The smallest absolute Gasteiger partial charge is 0.336 e. The Morgan fingerprint density at radius 3 is 0.695 bits per heavy atom. The van der Waals surface area contributed by atoms with Crippen molar-refractivity contribution in [2.45, 2.75) is 135 Å². The van der Waals surface area contributed by atoms with E-state index in [4.69, 9.17) is 66.3 Å². The van der Waals surface area contributed by atoms with Gasteiger partial charge in [-0.3, -0.25) is 14.4 Å². The number of unbranched alkanes of at least 4 members (excludes halogenated alkanes) is 12. The van der Waals surface area contributed by atoms with Crippen LogP contribution < -0.4 is 17.1 Å². The topological polar surface area (TPSA) is 400 Å². The van der Waals surface area contributed by atoms with Crippen LogP contribution in [-0.2, 0) is 143 Å². The standard InChI is InChI=1S/C73H101N3O29/c1-10-56(77)94-42-40-92-41-43-95-65(86)34-28-22-19-25-31-37-74-68(89)75(70(91)76(69(74)90)39-33-27-21-24-30-36-67(88)105-55-73(52-101-62(83)16-7,53-102-63(84)17-8)54-103-64(85)18-9)38-32-26-20-23-29-35-66(87)104-51-72(49-99-60(81)14-5,50-100-61(82)15-6)45-93-44-71(46-96-57(78)11-2,47-97-58(79)12-3)48-98-59(80)13-4/h10-18H,1-9,19-55H2. The average Bonchev–Trinajstić information content (AvgIpc) is 0.784. The van der Waals surface area contributed by atoms with Crippen LogP contribution in [0.15, 0.2) is 128 Å². The van der Waals surface area contributed by atoms with Crippen LogP contribution in [0.25, 0.3) is 0 Å². The Labute approximate surface area is 609 Å². The van der Waals surface area contributed by atoms with Crippen molar-refractivity contribution < 1.29 is 124 Å². The molecule has 0 aliphatic rings. The molecule has 105 heavy (non-hydrogen) atoms. The Balaban J connectivity index is 3.25.